The van der Waals surface area contributed by atoms with Gasteiger partial charge in [0.15, 0.2) is 5.58 Å². The third-order valence-electron chi connectivity index (χ3n) is 12.5. The van der Waals surface area contributed by atoms with Crippen LogP contribution in [0.3, 0.4) is 0 Å². The summed E-state index contributed by atoms with van der Waals surface area (Å²) in [5, 5.41) is 13.3. The second-order valence-electron chi connectivity index (χ2n) is 20.2. The maximum absolute atomic E-state index is 14.2. The van der Waals surface area contributed by atoms with E-state index in [1.807, 2.05) is 25.1 Å². The van der Waals surface area contributed by atoms with E-state index in [9.17, 15) is 36.5 Å². The molecule has 16 nitrogen and oxygen atoms in total. The topological polar surface area (TPSA) is 227 Å². The second kappa shape index (κ2) is 22.6. The number of oxazole rings is 1. The number of fused-ring (bicyclic) bond motifs is 2. The Morgan fingerprint density at radius 3 is 2.24 bits per heavy atom. The number of allylic oxidation sites excluding steroid dienone is 1. The van der Waals surface area contributed by atoms with E-state index in [1.165, 1.54) is 68.8 Å². The highest BCUT2D eigenvalue weighted by Gasteiger charge is 2.34. The minimum Gasteiger partial charge on any atom is -0.497 e. The molecule has 0 radical (unpaired) electrons. The molecule has 6 aromatic carbocycles. The van der Waals surface area contributed by atoms with Crippen LogP contribution >= 0.6 is 11.6 Å². The van der Waals surface area contributed by atoms with Gasteiger partial charge in [-0.1, -0.05) is 96.0 Å². The molecule has 0 aliphatic heterocycles. The number of nitrogens with one attached hydrogen (secondary N) is 3. The number of anilines is 4. The van der Waals surface area contributed by atoms with Gasteiger partial charge in [-0.05, 0) is 132 Å². The minimum absolute atomic E-state index is 0.0000499. The van der Waals surface area contributed by atoms with Crippen LogP contribution in [0.1, 0.15) is 93.7 Å². The molecule has 3 N–H and O–H groups in total. The van der Waals surface area contributed by atoms with Gasteiger partial charge in [0, 0.05) is 29.1 Å². The molecule has 0 aliphatic rings. The molecule has 76 heavy (non-hydrogen) atoms. The first kappa shape index (κ1) is 56.0. The van der Waals surface area contributed by atoms with E-state index in [0.717, 1.165) is 16.9 Å². The van der Waals surface area contributed by atoms with Gasteiger partial charge in [0.1, 0.15) is 22.9 Å². The molecule has 1 aromatic heterocycles. The minimum atomic E-state index is -4.38. The zero-order chi connectivity index (χ0) is 55.3. The Balaban J connectivity index is 1.11. The summed E-state index contributed by atoms with van der Waals surface area (Å²) in [7, 11) is -5.26. The maximum Gasteiger partial charge on any atom is 0.415 e. The van der Waals surface area contributed by atoms with Gasteiger partial charge in [-0.15, -0.1) is 0 Å². The van der Waals surface area contributed by atoms with Crippen molar-refractivity contribution < 1.29 is 45.1 Å². The summed E-state index contributed by atoms with van der Waals surface area (Å²) < 4.78 is 75.6. The van der Waals surface area contributed by atoms with E-state index < -0.39 is 43.9 Å². The predicted octanol–water partition coefficient (Wildman–Crippen LogP) is 12.5. The van der Waals surface area contributed by atoms with Crippen LogP contribution in [0, 0.1) is 23.7 Å². The smallest absolute Gasteiger partial charge is 0.415 e. The van der Waals surface area contributed by atoms with Gasteiger partial charge in [-0.2, -0.15) is 5.26 Å². The number of methoxy groups -OCH3 is 1. The van der Waals surface area contributed by atoms with Gasteiger partial charge in [0.05, 0.1) is 39.8 Å². The fourth-order valence-corrected chi connectivity index (χ4v) is 11.6. The van der Waals surface area contributed by atoms with E-state index in [1.54, 1.807) is 55.5 Å². The Bertz CT molecular complexity index is 3670. The highest BCUT2D eigenvalue weighted by Crippen LogP contribution is 2.38. The van der Waals surface area contributed by atoms with Crippen LogP contribution in [-0.2, 0) is 35.0 Å². The number of benzene rings is 6. The van der Waals surface area contributed by atoms with Crippen LogP contribution in [0.5, 0.6) is 5.75 Å². The van der Waals surface area contributed by atoms with Gasteiger partial charge >= 0.3 is 6.09 Å². The number of ketones is 1. The van der Waals surface area contributed by atoms with Gasteiger partial charge < -0.3 is 19.2 Å². The molecule has 396 valence electrons. The number of halogens is 1. The summed E-state index contributed by atoms with van der Waals surface area (Å²) in [5.74, 6) is -1.55. The molecule has 19 heteroatoms. The number of unbranched alkanes of at least 4 members (excludes halogenated alkanes) is 1. The van der Waals surface area contributed by atoms with E-state index in [-0.39, 0.29) is 66.0 Å². The van der Waals surface area contributed by atoms with Crippen LogP contribution in [0.4, 0.5) is 27.5 Å². The third-order valence-corrected chi connectivity index (χ3v) is 15.6. The first-order chi connectivity index (χ1) is 35.8. The molecular weight excluding hydrogens is 1030 g/mol. The first-order valence-electron chi connectivity index (χ1n) is 24.2. The van der Waals surface area contributed by atoms with E-state index in [4.69, 9.17) is 25.5 Å². The lowest BCUT2D eigenvalue weighted by Gasteiger charge is -2.32. The summed E-state index contributed by atoms with van der Waals surface area (Å²) >= 11 is 6.55. The van der Waals surface area contributed by atoms with Crippen molar-refractivity contribution in [3.8, 4) is 11.8 Å². The monoisotopic (exact) mass is 1090 g/mol. The van der Waals surface area contributed by atoms with Crippen LogP contribution in [-0.4, -0.2) is 65.6 Å². The quantitative estimate of drug-likeness (QED) is 0.0390. The first-order valence-corrected chi connectivity index (χ1v) is 27.8. The van der Waals surface area contributed by atoms with Crippen molar-refractivity contribution in [2.45, 2.75) is 84.1 Å². The van der Waals surface area contributed by atoms with E-state index in [0.29, 0.717) is 51.9 Å². The van der Waals surface area contributed by atoms with E-state index in [2.05, 4.69) is 60.4 Å². The van der Waals surface area contributed by atoms with Gasteiger partial charge in [0.25, 0.3) is 15.9 Å². The third kappa shape index (κ3) is 13.2. The van der Waals surface area contributed by atoms with Crippen LogP contribution in [0.15, 0.2) is 125 Å². The van der Waals surface area contributed by atoms with Crippen molar-refractivity contribution >= 4 is 106 Å². The van der Waals surface area contributed by atoms with Crippen LogP contribution < -0.4 is 24.4 Å². The molecule has 0 aliphatic carbocycles. The Kier molecular flexibility index (Phi) is 16.7. The summed E-state index contributed by atoms with van der Waals surface area (Å²) in [5.41, 5.74) is 4.03. The Morgan fingerprint density at radius 1 is 0.868 bits per heavy atom. The fraction of sp³-hybridized carbons (Fsp3) is 0.281. The molecule has 1 heterocycles. The standard InChI is InChI=1S/C57H59ClN6O10S2/c1-10-11-28-75(68,69)63-46-25-27-50(44-15-13-12-14-43(44)46)76(70,71)62-40-20-24-45(58)47(32-40)60-53(66)52(51(65)36-17-22-42(72-9)23-18-36)74-55(67)64(8)41-21-16-37(35(2)29-41)30-38(33-59)54-61-48-31-39(19-26-49(48)73-54)57(6,7)34-56(3,4)5/h12-27,29-32,52,62-63H,10-11,28,34H2,1-9H3,(H,60,66). The maximum atomic E-state index is 14.2. The number of nitriles is 1. The average molecular weight is 1090 g/mol. The SMILES string of the molecule is CCCCS(=O)(=O)Nc1ccc(S(=O)(=O)Nc2ccc(Cl)c(NC(=O)C(OC(=O)N(C)c3ccc(C=C(C#N)c4nc5cc(C(C)(C)CC(C)(C)C)ccc5o4)c(C)c3)C(=O)c3ccc(OC)cc3)c2)c2ccccc12. The Labute approximate surface area is 448 Å². The fourth-order valence-electron chi connectivity index (χ4n) is 8.88. The number of nitrogens with zero attached hydrogens (tertiary/aromatic N) is 3. The number of ether oxygens (including phenoxy) is 2. The van der Waals surface area contributed by atoms with Crippen molar-refractivity contribution in [2.75, 3.05) is 39.6 Å². The predicted molar refractivity (Wildman–Crippen MR) is 299 cm³/mol. The van der Waals surface area contributed by atoms with Crippen LogP contribution in [0.2, 0.25) is 5.02 Å². The molecule has 0 saturated heterocycles. The lowest BCUT2D eigenvalue weighted by atomic mass is 9.72. The van der Waals surface area contributed by atoms with E-state index >= 15 is 0 Å². The summed E-state index contributed by atoms with van der Waals surface area (Å²) in [6.45, 7) is 14.6. The number of Topliss-reactive ketones (excluding diaryl/α,β-unsaturated/α-hetero) is 1. The Hall–Kier alpha value is -7.72. The molecule has 7 rings (SSSR count). The van der Waals surface area contributed by atoms with Crippen molar-refractivity contribution in [3.63, 3.8) is 0 Å². The summed E-state index contributed by atoms with van der Waals surface area (Å²) in [6, 6.07) is 31.8. The number of carbonyl (C=O) groups excluding carboxylic acids is 3. The summed E-state index contributed by atoms with van der Waals surface area (Å²) in [4.78, 5) is 47.9. The normalized spacial score (nSPS) is 12.7. The summed E-state index contributed by atoms with van der Waals surface area (Å²) in [6.07, 6.45) is 0.505. The number of rotatable bonds is 19. The van der Waals surface area contributed by atoms with Crippen LogP contribution in [0.25, 0.3) is 33.5 Å². The molecule has 0 bridgehead atoms. The van der Waals surface area contributed by atoms with Gasteiger partial charge in [0.2, 0.25) is 27.8 Å². The van der Waals surface area contributed by atoms with Crippen molar-refractivity contribution in [1.29, 1.82) is 5.26 Å². The zero-order valence-electron chi connectivity index (χ0n) is 43.6. The number of carbonyl (C=O) groups is 3. The van der Waals surface area contributed by atoms with Gasteiger partial charge in [-0.3, -0.25) is 23.9 Å². The number of hydrogen-bond donors (Lipinski definition) is 3. The lowest BCUT2D eigenvalue weighted by molar-refractivity contribution is -0.122. The Morgan fingerprint density at radius 2 is 1.58 bits per heavy atom. The molecular formula is C57H59ClN6O10S2. The zero-order valence-corrected chi connectivity index (χ0v) is 46.0. The molecule has 1 atom stereocenters. The highest BCUT2D eigenvalue weighted by molar-refractivity contribution is 7.93. The number of aryl methyl sites for hydroxylation is 1. The molecule has 0 spiro atoms. The lowest BCUT2D eigenvalue weighted by Crippen LogP contribution is -2.42. The van der Waals surface area contributed by atoms with Crippen molar-refractivity contribution in [3.05, 3.63) is 148 Å². The van der Waals surface area contributed by atoms with Crippen molar-refractivity contribution in [1.82, 2.24) is 4.98 Å². The molecule has 2 amide bonds. The molecule has 7 aromatic rings. The second-order valence-corrected chi connectivity index (χ2v) is 24.1. The number of amides is 2. The number of hydrogen-bond acceptors (Lipinski definition) is 12. The highest BCUT2D eigenvalue weighted by atomic mass is 35.5. The molecule has 0 saturated carbocycles. The number of aromatic nitrogens is 1. The number of sulfonamides is 2. The van der Waals surface area contributed by atoms with Crippen molar-refractivity contribution in [2.24, 2.45) is 5.41 Å². The largest absolute Gasteiger partial charge is 0.497 e. The molecule has 0 fully saturated rings. The van der Waals surface area contributed by atoms with Gasteiger partial charge in [-0.25, -0.2) is 26.6 Å². The molecule has 1 unspecified atom stereocenters. The average Bonchev–Trinajstić information content (AvgIpc) is 3.80.